The van der Waals surface area contributed by atoms with Gasteiger partial charge < -0.3 is 9.64 Å². The third kappa shape index (κ3) is 5.04. The SMILES string of the molecule is CCCC1NCC(=O)N1CCOCCC(C)C. The Hall–Kier alpha value is -0.610. The largest absolute Gasteiger partial charge is 0.380 e. The third-order valence-corrected chi connectivity index (χ3v) is 3.06. The summed E-state index contributed by atoms with van der Waals surface area (Å²) in [5.74, 6) is 0.883. The molecule has 0 bridgehead atoms. The molecular weight excluding hydrogens is 216 g/mol. The number of nitrogens with one attached hydrogen (secondary N) is 1. The summed E-state index contributed by atoms with van der Waals surface area (Å²) in [6, 6.07) is 0. The minimum absolute atomic E-state index is 0.205. The molecule has 0 spiro atoms. The van der Waals surface area contributed by atoms with Crippen LogP contribution in [0, 0.1) is 5.92 Å². The van der Waals surface area contributed by atoms with Gasteiger partial charge in [0.25, 0.3) is 0 Å². The molecule has 1 unspecified atom stereocenters. The second kappa shape index (κ2) is 7.67. The Morgan fingerprint density at radius 1 is 1.47 bits per heavy atom. The lowest BCUT2D eigenvalue weighted by Gasteiger charge is -2.23. The van der Waals surface area contributed by atoms with E-state index in [0.717, 1.165) is 25.9 Å². The number of amides is 1. The Labute approximate surface area is 105 Å². The molecule has 0 aromatic heterocycles. The van der Waals surface area contributed by atoms with E-state index in [9.17, 15) is 4.79 Å². The molecule has 1 saturated heterocycles. The van der Waals surface area contributed by atoms with Crippen molar-refractivity contribution < 1.29 is 9.53 Å². The van der Waals surface area contributed by atoms with Crippen molar-refractivity contribution in [3.8, 4) is 0 Å². The molecular formula is C13H26N2O2. The van der Waals surface area contributed by atoms with Crippen LogP contribution in [0.15, 0.2) is 0 Å². The highest BCUT2D eigenvalue weighted by Crippen LogP contribution is 2.10. The molecule has 4 nitrogen and oxygen atoms in total. The summed E-state index contributed by atoms with van der Waals surface area (Å²) in [5, 5.41) is 3.24. The minimum atomic E-state index is 0.205. The molecule has 1 aliphatic rings. The van der Waals surface area contributed by atoms with Gasteiger partial charge in [-0.1, -0.05) is 27.2 Å². The molecule has 0 aliphatic carbocycles. The summed E-state index contributed by atoms with van der Waals surface area (Å²) < 4.78 is 5.56. The number of hydrogen-bond acceptors (Lipinski definition) is 3. The highest BCUT2D eigenvalue weighted by molar-refractivity contribution is 5.80. The first-order chi connectivity index (χ1) is 8.15. The zero-order chi connectivity index (χ0) is 12.7. The van der Waals surface area contributed by atoms with Gasteiger partial charge in [-0.3, -0.25) is 10.1 Å². The van der Waals surface area contributed by atoms with Crippen LogP contribution in [0.25, 0.3) is 0 Å². The van der Waals surface area contributed by atoms with Crippen molar-refractivity contribution >= 4 is 5.91 Å². The first kappa shape index (κ1) is 14.5. The standard InChI is InChI=1S/C13H26N2O2/c1-4-5-12-14-10-13(16)15(12)7-9-17-8-6-11(2)3/h11-12,14H,4-10H2,1-3H3. The van der Waals surface area contributed by atoms with Gasteiger partial charge in [0.1, 0.15) is 0 Å². The lowest BCUT2D eigenvalue weighted by atomic mass is 10.1. The van der Waals surface area contributed by atoms with Gasteiger partial charge in [-0.15, -0.1) is 0 Å². The molecule has 1 fully saturated rings. The van der Waals surface area contributed by atoms with E-state index in [4.69, 9.17) is 4.74 Å². The molecule has 17 heavy (non-hydrogen) atoms. The predicted octanol–water partition coefficient (Wildman–Crippen LogP) is 1.61. The summed E-state index contributed by atoms with van der Waals surface area (Å²) in [4.78, 5) is 13.6. The van der Waals surface area contributed by atoms with Crippen LogP contribution in [0.5, 0.6) is 0 Å². The molecule has 1 aliphatic heterocycles. The van der Waals surface area contributed by atoms with Crippen LogP contribution >= 0.6 is 0 Å². The average Bonchev–Trinajstić information content (AvgIpc) is 2.61. The molecule has 1 amide bonds. The lowest BCUT2D eigenvalue weighted by Crippen LogP contribution is -2.39. The fraction of sp³-hybridized carbons (Fsp3) is 0.923. The molecule has 1 heterocycles. The smallest absolute Gasteiger partial charge is 0.237 e. The Morgan fingerprint density at radius 2 is 2.24 bits per heavy atom. The number of rotatable bonds is 8. The third-order valence-electron chi connectivity index (χ3n) is 3.06. The Morgan fingerprint density at radius 3 is 2.88 bits per heavy atom. The summed E-state index contributed by atoms with van der Waals surface area (Å²) >= 11 is 0. The topological polar surface area (TPSA) is 41.6 Å². The molecule has 1 rings (SSSR count). The highest BCUT2D eigenvalue weighted by Gasteiger charge is 2.28. The fourth-order valence-corrected chi connectivity index (χ4v) is 1.99. The molecule has 0 saturated carbocycles. The van der Waals surface area contributed by atoms with Crippen molar-refractivity contribution in [1.82, 2.24) is 10.2 Å². The maximum Gasteiger partial charge on any atom is 0.237 e. The number of ether oxygens (including phenoxy) is 1. The molecule has 1 N–H and O–H groups in total. The lowest BCUT2D eigenvalue weighted by molar-refractivity contribution is -0.128. The van der Waals surface area contributed by atoms with Gasteiger partial charge in [-0.25, -0.2) is 0 Å². The number of carbonyl (C=O) groups is 1. The summed E-state index contributed by atoms with van der Waals surface area (Å²) in [5.41, 5.74) is 0. The van der Waals surface area contributed by atoms with Crippen LogP contribution in [-0.4, -0.2) is 43.3 Å². The fourth-order valence-electron chi connectivity index (χ4n) is 1.99. The molecule has 100 valence electrons. The molecule has 0 aromatic carbocycles. The maximum atomic E-state index is 11.6. The Balaban J connectivity index is 2.17. The second-order valence-corrected chi connectivity index (χ2v) is 5.07. The summed E-state index contributed by atoms with van der Waals surface area (Å²) in [6.45, 7) is 9.17. The van der Waals surface area contributed by atoms with Gasteiger partial charge in [0.15, 0.2) is 0 Å². The van der Waals surface area contributed by atoms with E-state index in [1.165, 1.54) is 0 Å². The minimum Gasteiger partial charge on any atom is -0.380 e. The van der Waals surface area contributed by atoms with E-state index >= 15 is 0 Å². The molecule has 0 radical (unpaired) electrons. The van der Waals surface area contributed by atoms with Crippen LogP contribution in [0.4, 0.5) is 0 Å². The molecule has 1 atom stereocenters. The van der Waals surface area contributed by atoms with Crippen LogP contribution in [0.3, 0.4) is 0 Å². The van der Waals surface area contributed by atoms with Crippen molar-refractivity contribution in [3.05, 3.63) is 0 Å². The van der Waals surface area contributed by atoms with Crippen LogP contribution in [0.2, 0.25) is 0 Å². The number of hydrogen-bond donors (Lipinski definition) is 1. The number of carbonyl (C=O) groups excluding carboxylic acids is 1. The van der Waals surface area contributed by atoms with Gasteiger partial charge in [0.05, 0.1) is 19.3 Å². The summed E-state index contributed by atoms with van der Waals surface area (Å²) in [7, 11) is 0. The Kier molecular flexibility index (Phi) is 6.52. The van der Waals surface area contributed by atoms with E-state index in [1.54, 1.807) is 0 Å². The van der Waals surface area contributed by atoms with Gasteiger partial charge in [0, 0.05) is 13.2 Å². The first-order valence-electron chi connectivity index (χ1n) is 6.75. The first-order valence-corrected chi connectivity index (χ1v) is 6.75. The predicted molar refractivity (Wildman–Crippen MR) is 68.7 cm³/mol. The second-order valence-electron chi connectivity index (χ2n) is 5.07. The van der Waals surface area contributed by atoms with Gasteiger partial charge in [0.2, 0.25) is 5.91 Å². The quantitative estimate of drug-likeness (QED) is 0.657. The maximum absolute atomic E-state index is 11.6. The van der Waals surface area contributed by atoms with Crippen molar-refractivity contribution in [3.63, 3.8) is 0 Å². The van der Waals surface area contributed by atoms with Crippen LogP contribution < -0.4 is 5.32 Å². The van der Waals surface area contributed by atoms with Gasteiger partial charge in [-0.2, -0.15) is 0 Å². The van der Waals surface area contributed by atoms with Crippen LogP contribution in [0.1, 0.15) is 40.0 Å². The highest BCUT2D eigenvalue weighted by atomic mass is 16.5. The molecule has 0 aromatic rings. The Bertz CT molecular complexity index is 231. The van der Waals surface area contributed by atoms with Gasteiger partial charge >= 0.3 is 0 Å². The normalized spacial score (nSPS) is 20.6. The average molecular weight is 242 g/mol. The van der Waals surface area contributed by atoms with Crippen molar-refractivity contribution in [2.24, 2.45) is 5.92 Å². The number of nitrogens with zero attached hydrogens (tertiary/aromatic N) is 1. The van der Waals surface area contributed by atoms with Crippen molar-refractivity contribution in [2.45, 2.75) is 46.2 Å². The van der Waals surface area contributed by atoms with Crippen LogP contribution in [-0.2, 0) is 9.53 Å². The molecule has 4 heteroatoms. The van der Waals surface area contributed by atoms with Crippen molar-refractivity contribution in [2.75, 3.05) is 26.3 Å². The van der Waals surface area contributed by atoms with Crippen molar-refractivity contribution in [1.29, 1.82) is 0 Å². The van der Waals surface area contributed by atoms with E-state index in [2.05, 4.69) is 26.1 Å². The van der Waals surface area contributed by atoms with Gasteiger partial charge in [-0.05, 0) is 18.8 Å². The monoisotopic (exact) mass is 242 g/mol. The summed E-state index contributed by atoms with van der Waals surface area (Å²) in [6.07, 6.45) is 3.43. The zero-order valence-electron chi connectivity index (χ0n) is 11.4. The van der Waals surface area contributed by atoms with E-state index in [1.807, 2.05) is 4.90 Å². The zero-order valence-corrected chi connectivity index (χ0v) is 11.4. The van der Waals surface area contributed by atoms with E-state index in [-0.39, 0.29) is 12.1 Å². The van der Waals surface area contributed by atoms with E-state index in [0.29, 0.717) is 25.6 Å². The van der Waals surface area contributed by atoms with E-state index < -0.39 is 0 Å².